The number of benzene rings is 1. The zero-order chi connectivity index (χ0) is 21.9. The molecular weight excluding hydrogens is 390 g/mol. The molecule has 0 unspecified atom stereocenters. The summed E-state index contributed by atoms with van der Waals surface area (Å²) in [5.74, 6) is -0.723. The van der Waals surface area contributed by atoms with E-state index in [1.807, 2.05) is 12.1 Å². The Balaban J connectivity index is 2.49. The Labute approximate surface area is 172 Å². The molecule has 154 valence electrons. The Kier molecular flexibility index (Phi) is 8.03. The van der Waals surface area contributed by atoms with E-state index < -0.39 is 16.6 Å². The van der Waals surface area contributed by atoms with Crippen molar-refractivity contribution in [1.29, 1.82) is 10.5 Å². The van der Waals surface area contributed by atoms with Crippen molar-refractivity contribution in [3.05, 3.63) is 46.3 Å². The van der Waals surface area contributed by atoms with Crippen LogP contribution in [0.2, 0.25) is 0 Å². The third kappa shape index (κ3) is 5.39. The van der Waals surface area contributed by atoms with Crippen LogP contribution in [-0.4, -0.2) is 40.6 Å². The Bertz CT molecular complexity index is 979. The van der Waals surface area contributed by atoms with Crippen LogP contribution in [0.3, 0.4) is 0 Å². The molecule has 0 spiro atoms. The Morgan fingerprint density at radius 1 is 1.23 bits per heavy atom. The number of rotatable bonds is 10. The highest BCUT2D eigenvalue weighted by molar-refractivity contribution is 5.96. The molecule has 30 heavy (non-hydrogen) atoms. The minimum absolute atomic E-state index is 0.0170. The van der Waals surface area contributed by atoms with Gasteiger partial charge in [-0.3, -0.25) is 10.1 Å². The largest absolute Gasteiger partial charge is 0.462 e. The van der Waals surface area contributed by atoms with E-state index in [0.717, 1.165) is 6.33 Å². The molecule has 0 bridgehead atoms. The minimum atomic E-state index is -0.642. The number of nitrogens with one attached hydrogen (secondary N) is 1. The van der Waals surface area contributed by atoms with Crippen molar-refractivity contribution in [2.45, 2.75) is 19.8 Å². The van der Waals surface area contributed by atoms with E-state index in [4.69, 9.17) is 15.3 Å². The van der Waals surface area contributed by atoms with Crippen LogP contribution < -0.4 is 10.2 Å². The van der Waals surface area contributed by atoms with Gasteiger partial charge in [0.25, 0.3) is 0 Å². The van der Waals surface area contributed by atoms with Crippen LogP contribution in [-0.2, 0) is 4.74 Å². The van der Waals surface area contributed by atoms with Crippen molar-refractivity contribution >= 4 is 29.0 Å². The molecule has 0 fully saturated rings. The zero-order valence-electron chi connectivity index (χ0n) is 16.2. The number of hydrogen-bond donors (Lipinski definition) is 1. The molecule has 0 radical (unpaired) electrons. The lowest BCUT2D eigenvalue weighted by atomic mass is 10.1. The number of esters is 1. The van der Waals surface area contributed by atoms with Gasteiger partial charge in [-0.25, -0.2) is 14.8 Å². The van der Waals surface area contributed by atoms with Crippen LogP contribution in [0.15, 0.2) is 30.6 Å². The maximum Gasteiger partial charge on any atom is 0.353 e. The number of anilines is 3. The monoisotopic (exact) mass is 409 g/mol. The van der Waals surface area contributed by atoms with Gasteiger partial charge in [-0.1, -0.05) is 12.1 Å². The Morgan fingerprint density at radius 3 is 2.50 bits per heavy atom. The summed E-state index contributed by atoms with van der Waals surface area (Å²) in [6.07, 6.45) is 1.34. The molecule has 2 rings (SSSR count). The molecule has 0 atom stereocenters. The van der Waals surface area contributed by atoms with E-state index in [-0.39, 0.29) is 55.4 Å². The first-order chi connectivity index (χ1) is 14.5. The van der Waals surface area contributed by atoms with Crippen LogP contribution >= 0.6 is 0 Å². The lowest BCUT2D eigenvalue weighted by Gasteiger charge is -2.21. The maximum absolute atomic E-state index is 12.2. The molecule has 11 heteroatoms. The summed E-state index contributed by atoms with van der Waals surface area (Å²) in [6.45, 7) is 2.17. The van der Waals surface area contributed by atoms with Crippen LogP contribution in [0.4, 0.5) is 23.0 Å². The van der Waals surface area contributed by atoms with E-state index in [1.54, 1.807) is 25.1 Å². The van der Waals surface area contributed by atoms with Gasteiger partial charge in [0.15, 0.2) is 0 Å². The summed E-state index contributed by atoms with van der Waals surface area (Å²) in [7, 11) is 0. The van der Waals surface area contributed by atoms with Crippen molar-refractivity contribution in [2.75, 3.05) is 29.9 Å². The van der Waals surface area contributed by atoms with Crippen LogP contribution in [0.25, 0.3) is 0 Å². The van der Waals surface area contributed by atoms with Gasteiger partial charge in [0, 0.05) is 13.1 Å². The SMILES string of the molecule is CCOC(=O)c1ccccc1Nc1ncnc(N(CCC#N)CCC#N)c1[N+](=O)[O-]. The summed E-state index contributed by atoms with van der Waals surface area (Å²) in [6, 6.07) is 10.3. The van der Waals surface area contributed by atoms with Gasteiger partial charge in [-0.05, 0) is 19.1 Å². The molecule has 0 saturated heterocycles. The molecule has 0 aliphatic carbocycles. The molecule has 1 aromatic heterocycles. The number of para-hydroxylation sites is 1. The molecule has 11 nitrogen and oxygen atoms in total. The van der Waals surface area contributed by atoms with Crippen molar-refractivity contribution in [3.8, 4) is 12.1 Å². The first kappa shape index (κ1) is 22.0. The lowest BCUT2D eigenvalue weighted by molar-refractivity contribution is -0.383. The smallest absolute Gasteiger partial charge is 0.353 e. The van der Waals surface area contributed by atoms with Gasteiger partial charge in [0.2, 0.25) is 11.6 Å². The molecule has 1 aromatic carbocycles. The predicted octanol–water partition coefficient (Wildman–Crippen LogP) is 2.94. The Morgan fingerprint density at radius 2 is 1.90 bits per heavy atom. The molecule has 1 heterocycles. The zero-order valence-corrected chi connectivity index (χ0v) is 16.2. The second-order valence-electron chi connectivity index (χ2n) is 5.85. The topological polar surface area (TPSA) is 158 Å². The van der Waals surface area contributed by atoms with E-state index >= 15 is 0 Å². The van der Waals surface area contributed by atoms with Crippen molar-refractivity contribution in [3.63, 3.8) is 0 Å². The van der Waals surface area contributed by atoms with Gasteiger partial charge >= 0.3 is 11.7 Å². The number of carbonyl (C=O) groups is 1. The predicted molar refractivity (Wildman–Crippen MR) is 107 cm³/mol. The number of nitriles is 2. The lowest BCUT2D eigenvalue weighted by Crippen LogP contribution is -2.27. The normalized spacial score (nSPS) is 9.83. The fraction of sp³-hybridized carbons (Fsp3) is 0.316. The molecule has 0 amide bonds. The minimum Gasteiger partial charge on any atom is -0.462 e. The standard InChI is InChI=1S/C19H19N7O4/c1-2-30-19(27)14-7-3-4-8-15(14)24-17-16(26(28)29)18(23-13-22-17)25(11-5-9-20)12-6-10-21/h3-4,7-8,13H,2,5-6,11-12H2,1H3,(H,22,23,24). The molecule has 0 saturated carbocycles. The fourth-order valence-corrected chi connectivity index (χ4v) is 2.66. The van der Waals surface area contributed by atoms with E-state index in [2.05, 4.69) is 15.3 Å². The third-order valence-corrected chi connectivity index (χ3v) is 3.95. The first-order valence-corrected chi connectivity index (χ1v) is 9.04. The average molecular weight is 409 g/mol. The number of aromatic nitrogens is 2. The van der Waals surface area contributed by atoms with E-state index in [9.17, 15) is 14.9 Å². The third-order valence-electron chi connectivity index (χ3n) is 3.95. The number of nitro groups is 1. The highest BCUT2D eigenvalue weighted by atomic mass is 16.6. The van der Waals surface area contributed by atoms with Crippen LogP contribution in [0, 0.1) is 32.8 Å². The second kappa shape index (κ2) is 10.9. The summed E-state index contributed by atoms with van der Waals surface area (Å²) in [5.41, 5.74) is 0.0518. The van der Waals surface area contributed by atoms with Crippen LogP contribution in [0.5, 0.6) is 0 Å². The van der Waals surface area contributed by atoms with E-state index in [0.29, 0.717) is 0 Å². The molecule has 1 N–H and O–H groups in total. The summed E-state index contributed by atoms with van der Waals surface area (Å²) >= 11 is 0. The van der Waals surface area contributed by atoms with Crippen molar-refractivity contribution in [2.24, 2.45) is 0 Å². The number of nitrogens with zero attached hydrogens (tertiary/aromatic N) is 6. The highest BCUT2D eigenvalue weighted by Crippen LogP contribution is 2.34. The number of carbonyl (C=O) groups excluding carboxylic acids is 1. The number of ether oxygens (including phenoxy) is 1. The van der Waals surface area contributed by atoms with Gasteiger partial charge in [0.1, 0.15) is 6.33 Å². The number of hydrogen-bond acceptors (Lipinski definition) is 10. The summed E-state index contributed by atoms with van der Waals surface area (Å²) in [5, 5.41) is 32.4. The van der Waals surface area contributed by atoms with Gasteiger partial charge in [0.05, 0.1) is 47.8 Å². The highest BCUT2D eigenvalue weighted by Gasteiger charge is 2.28. The fourth-order valence-electron chi connectivity index (χ4n) is 2.66. The summed E-state index contributed by atoms with van der Waals surface area (Å²) in [4.78, 5) is 32.9. The Hall–Kier alpha value is -4.25. The van der Waals surface area contributed by atoms with Crippen molar-refractivity contribution < 1.29 is 14.5 Å². The van der Waals surface area contributed by atoms with Crippen LogP contribution in [0.1, 0.15) is 30.1 Å². The average Bonchev–Trinajstić information content (AvgIpc) is 2.74. The molecule has 0 aliphatic rings. The summed E-state index contributed by atoms with van der Waals surface area (Å²) < 4.78 is 5.02. The van der Waals surface area contributed by atoms with Gasteiger partial charge in [-0.2, -0.15) is 10.5 Å². The first-order valence-electron chi connectivity index (χ1n) is 9.04. The molecule has 0 aliphatic heterocycles. The van der Waals surface area contributed by atoms with Crippen molar-refractivity contribution in [1.82, 2.24) is 9.97 Å². The quantitative estimate of drug-likeness (QED) is 0.351. The molecule has 2 aromatic rings. The second-order valence-corrected chi connectivity index (χ2v) is 5.85. The van der Waals surface area contributed by atoms with Gasteiger partial charge in [-0.15, -0.1) is 0 Å². The molecular formula is C19H19N7O4. The van der Waals surface area contributed by atoms with E-state index in [1.165, 1.54) is 11.0 Å². The van der Waals surface area contributed by atoms with Gasteiger partial charge < -0.3 is 15.0 Å². The maximum atomic E-state index is 12.2.